The highest BCUT2D eigenvalue weighted by Crippen LogP contribution is 2.17. The first-order valence-corrected chi connectivity index (χ1v) is 5.66. The van der Waals surface area contributed by atoms with Crippen molar-refractivity contribution in [1.29, 1.82) is 0 Å². The van der Waals surface area contributed by atoms with Crippen molar-refractivity contribution in [2.75, 3.05) is 0 Å². The molecule has 0 heterocycles. The highest BCUT2D eigenvalue weighted by molar-refractivity contribution is 5.61. The van der Waals surface area contributed by atoms with Gasteiger partial charge in [0.05, 0.1) is 4.92 Å². The second-order valence-corrected chi connectivity index (χ2v) is 3.77. The van der Waals surface area contributed by atoms with E-state index in [2.05, 4.69) is 23.8 Å². The van der Waals surface area contributed by atoms with E-state index in [0.29, 0.717) is 0 Å². The van der Waals surface area contributed by atoms with Crippen LogP contribution in [0.15, 0.2) is 54.6 Å². The van der Waals surface area contributed by atoms with Gasteiger partial charge in [0.15, 0.2) is 0 Å². The van der Waals surface area contributed by atoms with E-state index in [4.69, 9.17) is 5.11 Å². The monoisotopic (exact) mass is 275 g/mol. The van der Waals surface area contributed by atoms with Crippen LogP contribution in [0.25, 0.3) is 0 Å². The third-order valence-electron chi connectivity index (χ3n) is 2.19. The minimum atomic E-state index is -1.45. The zero-order valence-corrected chi connectivity index (χ0v) is 10.7. The van der Waals surface area contributed by atoms with Crippen LogP contribution >= 0.6 is 0 Å². The molecule has 6 nitrogen and oxygen atoms in total. The molecule has 0 aliphatic rings. The Balaban J connectivity index is 0.000000240. The van der Waals surface area contributed by atoms with Crippen molar-refractivity contribution >= 4 is 11.8 Å². The number of carboxylic acid groups (broad SMARTS) is 1. The van der Waals surface area contributed by atoms with Crippen LogP contribution < -0.4 is 4.74 Å². The van der Waals surface area contributed by atoms with Gasteiger partial charge in [-0.3, -0.25) is 10.1 Å². The summed E-state index contributed by atoms with van der Waals surface area (Å²) in [7, 11) is 0. The highest BCUT2D eigenvalue weighted by Gasteiger charge is 2.05. The summed E-state index contributed by atoms with van der Waals surface area (Å²) < 4.78 is 4.24. The molecule has 2 aromatic carbocycles. The quantitative estimate of drug-likeness (QED) is 0.391. The average Bonchev–Trinajstić information content (AvgIpc) is 2.40. The predicted octanol–water partition coefficient (Wildman–Crippen LogP) is 3.65. The molecule has 0 aromatic heterocycles. The third kappa shape index (κ3) is 5.63. The molecular formula is C14H13NO5. The SMILES string of the molecule is Cc1ccccc1.O=C(O)Oc1ccc([N+](=O)[O-])cc1. The van der Waals surface area contributed by atoms with Crippen molar-refractivity contribution < 1.29 is 19.6 Å². The Bertz CT molecular complexity index is 566. The van der Waals surface area contributed by atoms with Crippen molar-refractivity contribution in [2.45, 2.75) is 6.92 Å². The first-order valence-electron chi connectivity index (χ1n) is 5.66. The molecule has 0 aliphatic carbocycles. The number of aryl methyl sites for hydroxylation is 1. The number of benzene rings is 2. The second kappa shape index (κ2) is 7.52. The zero-order valence-electron chi connectivity index (χ0n) is 10.7. The number of non-ortho nitro benzene ring substituents is 1. The molecule has 0 radical (unpaired) electrons. The van der Waals surface area contributed by atoms with Crippen LogP contribution in [0.5, 0.6) is 5.75 Å². The standard InChI is InChI=1S/C7H5NO5.C7H8/c9-7(10)13-6-3-1-5(2-4-6)8(11)12;1-7-5-3-2-4-6-7/h1-4H,(H,9,10);2-6H,1H3. The minimum Gasteiger partial charge on any atom is -0.449 e. The minimum absolute atomic E-state index is 0.0538. The van der Waals surface area contributed by atoms with Crippen molar-refractivity contribution in [3.05, 3.63) is 70.3 Å². The molecule has 6 heteroatoms. The normalized spacial score (nSPS) is 9.05. The molecular weight excluding hydrogens is 262 g/mol. The van der Waals surface area contributed by atoms with Gasteiger partial charge in [-0.1, -0.05) is 35.9 Å². The number of hydrogen-bond donors (Lipinski definition) is 1. The first-order chi connectivity index (χ1) is 9.49. The van der Waals surface area contributed by atoms with Crippen LogP contribution in [0.3, 0.4) is 0 Å². The summed E-state index contributed by atoms with van der Waals surface area (Å²) in [4.78, 5) is 19.6. The summed E-state index contributed by atoms with van der Waals surface area (Å²) in [5, 5.41) is 18.4. The maximum absolute atomic E-state index is 10.2. The van der Waals surface area contributed by atoms with Gasteiger partial charge in [-0.15, -0.1) is 0 Å². The van der Waals surface area contributed by atoms with E-state index in [-0.39, 0.29) is 11.4 Å². The molecule has 2 rings (SSSR count). The number of rotatable bonds is 2. The van der Waals surface area contributed by atoms with E-state index < -0.39 is 11.1 Å². The van der Waals surface area contributed by atoms with Gasteiger partial charge in [0, 0.05) is 12.1 Å². The lowest BCUT2D eigenvalue weighted by Gasteiger charge is -1.97. The van der Waals surface area contributed by atoms with E-state index in [1.54, 1.807) is 0 Å². The van der Waals surface area contributed by atoms with E-state index in [1.807, 2.05) is 18.2 Å². The number of nitro benzene ring substituents is 1. The van der Waals surface area contributed by atoms with Gasteiger partial charge >= 0.3 is 6.16 Å². The van der Waals surface area contributed by atoms with Gasteiger partial charge in [-0.05, 0) is 19.1 Å². The summed E-state index contributed by atoms with van der Waals surface area (Å²) in [5.74, 6) is 0.0538. The Morgan fingerprint density at radius 1 is 1.10 bits per heavy atom. The van der Waals surface area contributed by atoms with Gasteiger partial charge in [0.2, 0.25) is 0 Å². The summed E-state index contributed by atoms with van der Waals surface area (Å²) >= 11 is 0. The highest BCUT2D eigenvalue weighted by atomic mass is 16.7. The molecule has 0 saturated heterocycles. The largest absolute Gasteiger partial charge is 0.511 e. The smallest absolute Gasteiger partial charge is 0.449 e. The van der Waals surface area contributed by atoms with Gasteiger partial charge in [-0.2, -0.15) is 0 Å². The third-order valence-corrected chi connectivity index (χ3v) is 2.19. The van der Waals surface area contributed by atoms with Crippen molar-refractivity contribution in [3.63, 3.8) is 0 Å². The fourth-order valence-corrected chi connectivity index (χ4v) is 1.27. The van der Waals surface area contributed by atoms with Crippen molar-refractivity contribution in [1.82, 2.24) is 0 Å². The molecule has 20 heavy (non-hydrogen) atoms. The molecule has 104 valence electrons. The Labute approximate surface area is 115 Å². The van der Waals surface area contributed by atoms with Gasteiger partial charge in [0.25, 0.3) is 5.69 Å². The van der Waals surface area contributed by atoms with E-state index >= 15 is 0 Å². The number of carbonyl (C=O) groups is 1. The molecule has 1 N–H and O–H groups in total. The number of hydrogen-bond acceptors (Lipinski definition) is 4. The molecule has 0 bridgehead atoms. The maximum atomic E-state index is 10.2. The van der Waals surface area contributed by atoms with Crippen LogP contribution in [0, 0.1) is 17.0 Å². The van der Waals surface area contributed by atoms with E-state index in [1.165, 1.54) is 17.7 Å². The predicted molar refractivity (Wildman–Crippen MR) is 72.9 cm³/mol. The fourth-order valence-electron chi connectivity index (χ4n) is 1.27. The lowest BCUT2D eigenvalue weighted by molar-refractivity contribution is -0.384. The van der Waals surface area contributed by atoms with Crippen LogP contribution in [-0.2, 0) is 0 Å². The summed E-state index contributed by atoms with van der Waals surface area (Å²) in [5.41, 5.74) is 1.21. The van der Waals surface area contributed by atoms with Gasteiger partial charge < -0.3 is 9.84 Å². The fraction of sp³-hybridized carbons (Fsp3) is 0.0714. The second-order valence-electron chi connectivity index (χ2n) is 3.77. The topological polar surface area (TPSA) is 89.7 Å². The van der Waals surface area contributed by atoms with E-state index in [0.717, 1.165) is 12.1 Å². The van der Waals surface area contributed by atoms with E-state index in [9.17, 15) is 14.9 Å². The molecule has 0 saturated carbocycles. The van der Waals surface area contributed by atoms with Crippen molar-refractivity contribution in [3.8, 4) is 5.75 Å². The lowest BCUT2D eigenvalue weighted by atomic mass is 10.2. The van der Waals surface area contributed by atoms with Crippen LogP contribution in [0.1, 0.15) is 5.56 Å². The first kappa shape index (κ1) is 15.2. The molecule has 0 fully saturated rings. The Morgan fingerprint density at radius 2 is 1.65 bits per heavy atom. The molecule has 2 aromatic rings. The van der Waals surface area contributed by atoms with Crippen LogP contribution in [-0.4, -0.2) is 16.2 Å². The Morgan fingerprint density at radius 3 is 2.00 bits per heavy atom. The number of ether oxygens (including phenoxy) is 1. The Hall–Kier alpha value is -2.89. The van der Waals surface area contributed by atoms with Gasteiger partial charge in [-0.25, -0.2) is 4.79 Å². The average molecular weight is 275 g/mol. The van der Waals surface area contributed by atoms with Gasteiger partial charge in [0.1, 0.15) is 5.75 Å². The van der Waals surface area contributed by atoms with Crippen LogP contribution in [0.2, 0.25) is 0 Å². The molecule has 0 aliphatic heterocycles. The lowest BCUT2D eigenvalue weighted by Crippen LogP contribution is -2.02. The summed E-state index contributed by atoms with van der Waals surface area (Å²) in [6.07, 6.45) is -1.45. The Kier molecular flexibility index (Phi) is 5.71. The molecule has 0 atom stereocenters. The number of nitrogens with zero attached hydrogens (tertiary/aromatic N) is 1. The maximum Gasteiger partial charge on any atom is 0.511 e. The summed E-state index contributed by atoms with van der Waals surface area (Å²) in [6.45, 7) is 2.08. The summed E-state index contributed by atoms with van der Waals surface area (Å²) in [6, 6.07) is 15.0. The van der Waals surface area contributed by atoms with Crippen LogP contribution in [0.4, 0.5) is 10.5 Å². The molecule has 0 amide bonds. The molecule has 0 spiro atoms. The van der Waals surface area contributed by atoms with Crippen molar-refractivity contribution in [2.24, 2.45) is 0 Å². The number of nitro groups is 1. The zero-order chi connectivity index (χ0) is 15.0. The molecule has 0 unspecified atom stereocenters.